The van der Waals surface area contributed by atoms with Crippen LogP contribution in [0.4, 0.5) is 18.3 Å². The molecule has 1 aromatic heterocycles. The summed E-state index contributed by atoms with van der Waals surface area (Å²) in [5.74, 6) is -0.488. The van der Waals surface area contributed by atoms with Gasteiger partial charge in [0.2, 0.25) is 0 Å². The van der Waals surface area contributed by atoms with Crippen molar-refractivity contribution in [3.63, 3.8) is 0 Å². The van der Waals surface area contributed by atoms with Crippen LogP contribution in [-0.2, 0) is 17.5 Å². The van der Waals surface area contributed by atoms with Crippen LogP contribution in [0.3, 0.4) is 0 Å². The lowest BCUT2D eigenvalue weighted by Gasteiger charge is -2.31. The predicted molar refractivity (Wildman–Crippen MR) is 109 cm³/mol. The molecule has 0 amide bonds. The lowest BCUT2D eigenvalue weighted by atomic mass is 9.89. The maximum absolute atomic E-state index is 13.0. The van der Waals surface area contributed by atoms with Crippen LogP contribution in [0.2, 0.25) is 0 Å². The molecule has 30 heavy (non-hydrogen) atoms. The van der Waals surface area contributed by atoms with Gasteiger partial charge in [-0.2, -0.15) is 13.2 Å². The highest BCUT2D eigenvalue weighted by Crippen LogP contribution is 2.31. The summed E-state index contributed by atoms with van der Waals surface area (Å²) < 4.78 is 44.3. The van der Waals surface area contributed by atoms with Gasteiger partial charge in [-0.3, -0.25) is 9.69 Å². The molecule has 2 aliphatic rings. The molecular weight excluding hydrogens is 415 g/mol. The van der Waals surface area contributed by atoms with Gasteiger partial charge in [0, 0.05) is 48.7 Å². The molecule has 5 nitrogen and oxygen atoms in total. The number of ketones is 1. The Labute approximate surface area is 177 Å². The summed E-state index contributed by atoms with van der Waals surface area (Å²) in [5, 5.41) is 0.988. The molecule has 2 aromatic rings. The summed E-state index contributed by atoms with van der Waals surface area (Å²) >= 11 is 1.65. The first-order valence-corrected chi connectivity index (χ1v) is 10.9. The number of Topliss-reactive ketones (excluding diaryl/α,β-unsaturated/α-hetero) is 1. The third kappa shape index (κ3) is 5.01. The molecule has 4 rings (SSSR count). The summed E-state index contributed by atoms with van der Waals surface area (Å²) in [6, 6.07) is 4.76. The first-order chi connectivity index (χ1) is 14.4. The number of carbonyl (C=O) groups excluding carboxylic acids is 1. The highest BCUT2D eigenvalue weighted by Gasteiger charge is 2.32. The molecule has 2 aliphatic heterocycles. The number of hydrogen-bond donors (Lipinski definition) is 0. The molecule has 2 saturated heterocycles. The van der Waals surface area contributed by atoms with Gasteiger partial charge in [0.05, 0.1) is 18.8 Å². The smallest absolute Gasteiger partial charge is 0.378 e. The van der Waals surface area contributed by atoms with Crippen molar-refractivity contribution in [2.75, 3.05) is 44.3 Å². The first-order valence-electron chi connectivity index (χ1n) is 10.1. The van der Waals surface area contributed by atoms with Crippen LogP contribution in [0.5, 0.6) is 0 Å². The number of anilines is 1. The third-order valence-corrected chi connectivity index (χ3v) is 6.60. The summed E-state index contributed by atoms with van der Waals surface area (Å²) in [4.78, 5) is 22.9. The van der Waals surface area contributed by atoms with E-state index in [0.717, 1.165) is 48.2 Å². The van der Waals surface area contributed by atoms with Gasteiger partial charge in [-0.1, -0.05) is 12.1 Å². The van der Waals surface area contributed by atoms with Gasteiger partial charge < -0.3 is 9.64 Å². The Hall–Kier alpha value is -1.97. The number of hydrogen-bond acceptors (Lipinski definition) is 6. The number of ether oxygens (including phenoxy) is 1. The number of benzene rings is 1. The van der Waals surface area contributed by atoms with Gasteiger partial charge in [-0.25, -0.2) is 4.98 Å². The average Bonchev–Trinajstić information content (AvgIpc) is 3.22. The number of morpholine rings is 1. The van der Waals surface area contributed by atoms with Gasteiger partial charge >= 0.3 is 6.18 Å². The third-order valence-electron chi connectivity index (χ3n) is 5.55. The van der Waals surface area contributed by atoms with Crippen LogP contribution >= 0.6 is 11.3 Å². The fourth-order valence-corrected chi connectivity index (χ4v) is 4.99. The van der Waals surface area contributed by atoms with E-state index in [1.807, 2.05) is 6.20 Å². The van der Waals surface area contributed by atoms with Crippen molar-refractivity contribution in [2.45, 2.75) is 25.6 Å². The zero-order valence-corrected chi connectivity index (χ0v) is 17.3. The molecule has 0 unspecified atom stereocenters. The van der Waals surface area contributed by atoms with Crippen LogP contribution in [0.1, 0.15) is 33.6 Å². The second-order valence-corrected chi connectivity index (χ2v) is 8.82. The highest BCUT2D eigenvalue weighted by molar-refractivity contribution is 7.15. The highest BCUT2D eigenvalue weighted by atomic mass is 32.1. The number of piperidine rings is 1. The Kier molecular flexibility index (Phi) is 6.40. The number of nitrogens with zero attached hydrogens (tertiary/aromatic N) is 3. The van der Waals surface area contributed by atoms with Gasteiger partial charge in [-0.15, -0.1) is 11.3 Å². The first kappa shape index (κ1) is 21.3. The van der Waals surface area contributed by atoms with E-state index in [4.69, 9.17) is 4.74 Å². The Balaban J connectivity index is 1.39. The van der Waals surface area contributed by atoms with Crippen molar-refractivity contribution >= 4 is 22.3 Å². The summed E-state index contributed by atoms with van der Waals surface area (Å²) in [7, 11) is 0. The number of carbonyl (C=O) groups is 1. The SMILES string of the molecule is O=C(c1cccc(C(F)(F)F)c1)[C@H]1CCCN(Cc2cnc(N3CCOCC3)s2)C1. The van der Waals surface area contributed by atoms with Crippen LogP contribution in [-0.4, -0.2) is 55.1 Å². The topological polar surface area (TPSA) is 45.7 Å². The Morgan fingerprint density at radius 1 is 1.23 bits per heavy atom. The van der Waals surface area contributed by atoms with Gasteiger partial charge in [0.1, 0.15) is 0 Å². The number of halogens is 3. The number of aromatic nitrogens is 1. The molecule has 0 N–H and O–H groups in total. The predicted octanol–water partition coefficient (Wildman–Crippen LogP) is 4.09. The van der Waals surface area contributed by atoms with Crippen LogP contribution < -0.4 is 4.90 Å². The monoisotopic (exact) mass is 439 g/mol. The Bertz CT molecular complexity index is 880. The van der Waals surface area contributed by atoms with Gasteiger partial charge in [0.25, 0.3) is 0 Å². The van der Waals surface area contributed by atoms with E-state index in [0.29, 0.717) is 32.7 Å². The van der Waals surface area contributed by atoms with Crippen molar-refractivity contribution in [2.24, 2.45) is 5.92 Å². The molecule has 1 atom stereocenters. The molecular formula is C21H24F3N3O2S. The molecule has 9 heteroatoms. The number of thiazole rings is 1. The molecule has 0 spiro atoms. The van der Waals surface area contributed by atoms with Gasteiger partial charge in [0.15, 0.2) is 10.9 Å². The maximum atomic E-state index is 13.0. The van der Waals surface area contributed by atoms with Crippen LogP contribution in [0, 0.1) is 5.92 Å². The second kappa shape index (κ2) is 9.03. The Morgan fingerprint density at radius 2 is 2.03 bits per heavy atom. The summed E-state index contributed by atoms with van der Waals surface area (Å²) in [6.07, 6.45) is -1.01. The van der Waals surface area contributed by atoms with E-state index in [9.17, 15) is 18.0 Å². The van der Waals surface area contributed by atoms with Crippen molar-refractivity contribution < 1.29 is 22.7 Å². The van der Waals surface area contributed by atoms with E-state index in [-0.39, 0.29) is 17.3 Å². The minimum atomic E-state index is -4.45. The lowest BCUT2D eigenvalue weighted by Crippen LogP contribution is -2.38. The van der Waals surface area contributed by atoms with E-state index in [2.05, 4.69) is 14.8 Å². The number of likely N-dealkylation sites (tertiary alicyclic amines) is 1. The molecule has 0 saturated carbocycles. The van der Waals surface area contributed by atoms with Crippen LogP contribution in [0.15, 0.2) is 30.5 Å². The van der Waals surface area contributed by atoms with Crippen molar-refractivity contribution in [3.05, 3.63) is 46.5 Å². The summed E-state index contributed by atoms with van der Waals surface area (Å²) in [5.41, 5.74) is -0.634. The fourth-order valence-electron chi connectivity index (χ4n) is 3.99. The molecule has 2 fully saturated rings. The standard InChI is InChI=1S/C21H24F3N3O2S/c22-21(23,24)17-5-1-3-15(11-17)19(28)16-4-2-6-26(13-16)14-18-12-25-20(30-18)27-7-9-29-10-8-27/h1,3,5,11-12,16H,2,4,6-10,13-14H2/t16-/m0/s1. The van der Waals surface area contributed by atoms with E-state index >= 15 is 0 Å². The lowest BCUT2D eigenvalue weighted by molar-refractivity contribution is -0.137. The molecule has 3 heterocycles. The van der Waals surface area contributed by atoms with E-state index in [1.54, 1.807) is 11.3 Å². The zero-order valence-electron chi connectivity index (χ0n) is 16.5. The number of alkyl halides is 3. The minimum absolute atomic E-state index is 0.143. The number of rotatable bonds is 5. The van der Waals surface area contributed by atoms with Gasteiger partial charge in [-0.05, 0) is 31.5 Å². The fraction of sp³-hybridized carbons (Fsp3) is 0.524. The van der Waals surface area contributed by atoms with Crippen molar-refractivity contribution in [1.82, 2.24) is 9.88 Å². The second-order valence-electron chi connectivity index (χ2n) is 7.73. The minimum Gasteiger partial charge on any atom is -0.378 e. The average molecular weight is 440 g/mol. The molecule has 0 bridgehead atoms. The molecule has 0 aliphatic carbocycles. The van der Waals surface area contributed by atoms with Crippen molar-refractivity contribution in [3.8, 4) is 0 Å². The van der Waals surface area contributed by atoms with Crippen LogP contribution in [0.25, 0.3) is 0 Å². The van der Waals surface area contributed by atoms with E-state index in [1.165, 1.54) is 12.1 Å². The van der Waals surface area contributed by atoms with Crippen molar-refractivity contribution in [1.29, 1.82) is 0 Å². The van der Waals surface area contributed by atoms with E-state index < -0.39 is 11.7 Å². The largest absolute Gasteiger partial charge is 0.416 e. The normalized spacial score (nSPS) is 21.0. The molecule has 162 valence electrons. The Morgan fingerprint density at radius 3 is 2.80 bits per heavy atom. The summed E-state index contributed by atoms with van der Waals surface area (Å²) in [6.45, 7) is 5.22. The zero-order chi connectivity index (χ0) is 21.1. The maximum Gasteiger partial charge on any atom is 0.416 e. The quantitative estimate of drug-likeness (QED) is 0.657. The molecule has 0 radical (unpaired) electrons. The molecule has 1 aromatic carbocycles.